The van der Waals surface area contributed by atoms with Gasteiger partial charge in [-0.3, -0.25) is 9.59 Å². The lowest BCUT2D eigenvalue weighted by Gasteiger charge is -2.18. The minimum absolute atomic E-state index is 0.126. The molecule has 0 radical (unpaired) electrons. The van der Waals surface area contributed by atoms with Gasteiger partial charge in [0.2, 0.25) is 6.04 Å². The maximum atomic E-state index is 12.9. The number of ketones is 1. The van der Waals surface area contributed by atoms with Crippen LogP contribution in [0.2, 0.25) is 5.02 Å². The minimum atomic E-state index is -1.52. The van der Waals surface area contributed by atoms with E-state index in [4.69, 9.17) is 42.3 Å². The molecule has 2 aromatic carbocycles. The van der Waals surface area contributed by atoms with Gasteiger partial charge in [0.25, 0.3) is 5.91 Å². The molecule has 31 heavy (non-hydrogen) atoms. The Morgan fingerprint density at radius 1 is 0.968 bits per heavy atom. The van der Waals surface area contributed by atoms with Crippen molar-refractivity contribution in [2.24, 2.45) is 10.2 Å². The van der Waals surface area contributed by atoms with Crippen molar-refractivity contribution < 1.29 is 28.5 Å². The molecule has 0 N–H and O–H groups in total. The van der Waals surface area contributed by atoms with Gasteiger partial charge in [-0.1, -0.05) is 11.6 Å². The first kappa shape index (κ1) is 24.2. The summed E-state index contributed by atoms with van der Waals surface area (Å²) in [6, 6.07) is 6.21. The quantitative estimate of drug-likeness (QED) is 0.302. The zero-order chi connectivity index (χ0) is 23.1. The number of amides is 1. The standard InChI is InChI=1S/C20H21Cl2N3O6/c1-11(26)17(23-24-18-16(30-4)7-6-15(21)19(18)31-5)20(27)25(22)12-8-13(28-2)10-14(9-12)29-3/h6-10,17H,1-5H3. The number of hydrogen-bond donors (Lipinski definition) is 0. The van der Waals surface area contributed by atoms with Crippen LogP contribution in [0, 0.1) is 0 Å². The van der Waals surface area contributed by atoms with Crippen LogP contribution in [-0.2, 0) is 9.59 Å². The number of benzene rings is 2. The Labute approximate surface area is 189 Å². The van der Waals surface area contributed by atoms with E-state index in [2.05, 4.69) is 10.2 Å². The van der Waals surface area contributed by atoms with Crippen LogP contribution in [0.1, 0.15) is 6.92 Å². The largest absolute Gasteiger partial charge is 0.497 e. The molecule has 0 saturated heterocycles. The molecular weight excluding hydrogens is 449 g/mol. The molecule has 0 spiro atoms. The average molecular weight is 470 g/mol. The number of carbonyl (C=O) groups excluding carboxylic acids is 2. The van der Waals surface area contributed by atoms with E-state index in [1.165, 1.54) is 47.5 Å². The second-order valence-corrected chi connectivity index (χ2v) is 6.80. The lowest BCUT2D eigenvalue weighted by atomic mass is 10.2. The highest BCUT2D eigenvalue weighted by Gasteiger charge is 2.30. The van der Waals surface area contributed by atoms with Crippen LogP contribution in [0.5, 0.6) is 23.0 Å². The van der Waals surface area contributed by atoms with E-state index in [-0.39, 0.29) is 22.1 Å². The number of azo groups is 1. The van der Waals surface area contributed by atoms with Crippen LogP contribution in [0.3, 0.4) is 0 Å². The van der Waals surface area contributed by atoms with E-state index in [9.17, 15) is 9.59 Å². The number of hydrogen-bond acceptors (Lipinski definition) is 8. The van der Waals surface area contributed by atoms with Gasteiger partial charge < -0.3 is 18.9 Å². The Morgan fingerprint density at radius 2 is 1.58 bits per heavy atom. The third-order valence-corrected chi connectivity index (χ3v) is 4.78. The van der Waals surface area contributed by atoms with Crippen molar-refractivity contribution in [3.63, 3.8) is 0 Å². The lowest BCUT2D eigenvalue weighted by molar-refractivity contribution is -0.126. The van der Waals surface area contributed by atoms with Gasteiger partial charge >= 0.3 is 0 Å². The number of nitrogens with zero attached hydrogens (tertiary/aromatic N) is 3. The van der Waals surface area contributed by atoms with E-state index in [0.717, 1.165) is 4.42 Å². The normalized spacial score (nSPS) is 11.7. The Morgan fingerprint density at radius 3 is 2.06 bits per heavy atom. The van der Waals surface area contributed by atoms with E-state index in [0.29, 0.717) is 17.2 Å². The van der Waals surface area contributed by atoms with Crippen molar-refractivity contribution in [2.75, 3.05) is 32.9 Å². The molecule has 0 aliphatic carbocycles. The molecule has 166 valence electrons. The summed E-state index contributed by atoms with van der Waals surface area (Å²) in [6.45, 7) is 1.20. The summed E-state index contributed by atoms with van der Waals surface area (Å²) in [5.41, 5.74) is 0.350. The second-order valence-electron chi connectivity index (χ2n) is 6.05. The Kier molecular flexibility index (Phi) is 8.47. The van der Waals surface area contributed by atoms with Gasteiger partial charge in [-0.15, -0.1) is 5.11 Å². The Balaban J connectivity index is 2.43. The van der Waals surface area contributed by atoms with Crippen molar-refractivity contribution in [2.45, 2.75) is 13.0 Å². The van der Waals surface area contributed by atoms with Gasteiger partial charge in [-0.2, -0.15) is 5.11 Å². The molecule has 0 saturated carbocycles. The van der Waals surface area contributed by atoms with Gasteiger partial charge in [0, 0.05) is 30.0 Å². The zero-order valence-electron chi connectivity index (χ0n) is 17.5. The van der Waals surface area contributed by atoms with Crippen LogP contribution in [-0.4, -0.2) is 46.2 Å². The molecule has 0 fully saturated rings. The van der Waals surface area contributed by atoms with Crippen LogP contribution in [0.4, 0.5) is 11.4 Å². The van der Waals surface area contributed by atoms with Gasteiger partial charge in [0.05, 0.1) is 39.1 Å². The molecular formula is C20H21Cl2N3O6. The van der Waals surface area contributed by atoms with Crippen molar-refractivity contribution >= 4 is 46.4 Å². The molecule has 0 aromatic heterocycles. The maximum absolute atomic E-state index is 12.9. The highest BCUT2D eigenvalue weighted by atomic mass is 35.5. The number of rotatable bonds is 9. The summed E-state index contributed by atoms with van der Waals surface area (Å²) < 4.78 is 21.6. The Hall–Kier alpha value is -3.04. The lowest BCUT2D eigenvalue weighted by Crippen LogP contribution is -2.36. The SMILES string of the molecule is COc1cc(OC)cc(N(Cl)C(=O)C(N=Nc2c(OC)ccc(Cl)c2OC)C(C)=O)c1. The molecule has 1 unspecified atom stereocenters. The van der Waals surface area contributed by atoms with Crippen LogP contribution >= 0.6 is 23.4 Å². The van der Waals surface area contributed by atoms with Crippen molar-refractivity contribution in [3.05, 3.63) is 35.4 Å². The molecule has 0 aliphatic heterocycles. The monoisotopic (exact) mass is 469 g/mol. The molecule has 2 rings (SSSR count). The van der Waals surface area contributed by atoms with Crippen molar-refractivity contribution in [1.29, 1.82) is 0 Å². The first-order valence-electron chi connectivity index (χ1n) is 8.81. The van der Waals surface area contributed by atoms with Crippen molar-refractivity contribution in [1.82, 2.24) is 0 Å². The van der Waals surface area contributed by atoms with E-state index in [1.807, 2.05) is 0 Å². The van der Waals surface area contributed by atoms with E-state index in [1.54, 1.807) is 18.2 Å². The third-order valence-electron chi connectivity index (χ3n) is 4.12. The van der Waals surface area contributed by atoms with E-state index < -0.39 is 17.7 Å². The van der Waals surface area contributed by atoms with Crippen LogP contribution in [0.25, 0.3) is 0 Å². The second kappa shape index (κ2) is 10.8. The summed E-state index contributed by atoms with van der Waals surface area (Å²) in [5, 5.41) is 8.17. The van der Waals surface area contributed by atoms with E-state index >= 15 is 0 Å². The number of methoxy groups -OCH3 is 4. The predicted molar refractivity (Wildman–Crippen MR) is 116 cm³/mol. The minimum Gasteiger partial charge on any atom is -0.497 e. The fourth-order valence-corrected chi connectivity index (χ4v) is 2.96. The number of ether oxygens (including phenoxy) is 4. The molecule has 1 amide bonds. The molecule has 11 heteroatoms. The number of Topliss-reactive ketones (excluding diaryl/α,β-unsaturated/α-hetero) is 1. The van der Waals surface area contributed by atoms with Gasteiger partial charge in [-0.05, 0) is 19.1 Å². The van der Waals surface area contributed by atoms with Gasteiger partial charge in [0.15, 0.2) is 17.2 Å². The maximum Gasteiger partial charge on any atom is 0.276 e. The third kappa shape index (κ3) is 5.56. The molecule has 0 bridgehead atoms. The Bertz CT molecular complexity index is 977. The van der Waals surface area contributed by atoms with Crippen molar-refractivity contribution in [3.8, 4) is 23.0 Å². The van der Waals surface area contributed by atoms with Crippen LogP contribution in [0.15, 0.2) is 40.6 Å². The summed E-state index contributed by atoms with van der Waals surface area (Å²) in [4.78, 5) is 25.1. The number of halogens is 2. The van der Waals surface area contributed by atoms with Crippen LogP contribution < -0.4 is 23.4 Å². The zero-order valence-corrected chi connectivity index (χ0v) is 19.0. The highest BCUT2D eigenvalue weighted by molar-refractivity contribution is 6.39. The molecule has 1 atom stereocenters. The molecule has 0 heterocycles. The summed E-state index contributed by atoms with van der Waals surface area (Å²) >= 11 is 12.3. The topological polar surface area (TPSA) is 99.0 Å². The summed E-state index contributed by atoms with van der Waals surface area (Å²) in [5.74, 6) is -0.119. The number of anilines is 1. The first-order chi connectivity index (χ1) is 14.8. The first-order valence-corrected chi connectivity index (χ1v) is 9.53. The van der Waals surface area contributed by atoms with Gasteiger partial charge in [0.1, 0.15) is 17.2 Å². The average Bonchev–Trinajstić information content (AvgIpc) is 2.77. The molecule has 0 aliphatic rings. The number of carbonyl (C=O) groups is 2. The van der Waals surface area contributed by atoms with Gasteiger partial charge in [-0.25, -0.2) is 4.42 Å². The fraction of sp³-hybridized carbons (Fsp3) is 0.300. The highest BCUT2D eigenvalue weighted by Crippen LogP contribution is 2.42. The smallest absolute Gasteiger partial charge is 0.276 e. The summed E-state index contributed by atoms with van der Waals surface area (Å²) in [6.07, 6.45) is 0. The predicted octanol–water partition coefficient (Wildman–Crippen LogP) is 4.60. The molecule has 2 aromatic rings. The summed E-state index contributed by atoms with van der Waals surface area (Å²) in [7, 11) is 5.73. The fourth-order valence-electron chi connectivity index (χ4n) is 2.54. The molecule has 9 nitrogen and oxygen atoms in total.